The summed E-state index contributed by atoms with van der Waals surface area (Å²) in [6.07, 6.45) is 1.72. The van der Waals surface area contributed by atoms with E-state index in [1.165, 1.54) is 11.0 Å². The molecule has 166 valence electrons. The van der Waals surface area contributed by atoms with Crippen molar-refractivity contribution in [1.82, 2.24) is 20.2 Å². The van der Waals surface area contributed by atoms with Crippen molar-refractivity contribution in [2.24, 2.45) is 0 Å². The second kappa shape index (κ2) is 10.2. The Kier molecular flexibility index (Phi) is 6.70. The van der Waals surface area contributed by atoms with E-state index in [4.69, 9.17) is 4.74 Å². The van der Waals surface area contributed by atoms with Gasteiger partial charge in [-0.25, -0.2) is 4.68 Å². The lowest BCUT2D eigenvalue weighted by Crippen LogP contribution is -2.15. The van der Waals surface area contributed by atoms with Crippen LogP contribution in [0.1, 0.15) is 22.8 Å². The zero-order valence-electron chi connectivity index (χ0n) is 17.9. The van der Waals surface area contributed by atoms with Crippen LogP contribution in [0.5, 0.6) is 5.75 Å². The van der Waals surface area contributed by atoms with Crippen LogP contribution in [0.2, 0.25) is 0 Å². The van der Waals surface area contributed by atoms with Crippen LogP contribution in [0.3, 0.4) is 0 Å². The number of ether oxygens (including phenoxy) is 1. The van der Waals surface area contributed by atoms with Crippen molar-refractivity contribution < 1.29 is 14.3 Å². The van der Waals surface area contributed by atoms with Gasteiger partial charge in [0.15, 0.2) is 0 Å². The van der Waals surface area contributed by atoms with Gasteiger partial charge in [-0.15, -0.1) is 5.10 Å². The van der Waals surface area contributed by atoms with Gasteiger partial charge >= 0.3 is 0 Å². The summed E-state index contributed by atoms with van der Waals surface area (Å²) >= 11 is 0. The molecule has 1 heterocycles. The van der Waals surface area contributed by atoms with Gasteiger partial charge in [-0.2, -0.15) is 0 Å². The van der Waals surface area contributed by atoms with Crippen LogP contribution in [0, 0.1) is 0 Å². The second-order valence-corrected chi connectivity index (χ2v) is 7.13. The first-order valence-corrected chi connectivity index (χ1v) is 10.4. The molecule has 4 aromatic rings. The van der Waals surface area contributed by atoms with Crippen LogP contribution in [0.25, 0.3) is 5.69 Å². The van der Waals surface area contributed by atoms with Crippen molar-refractivity contribution in [1.29, 1.82) is 0 Å². The van der Waals surface area contributed by atoms with Crippen LogP contribution in [-0.2, 0) is 11.2 Å². The zero-order chi connectivity index (χ0) is 23.0. The first-order valence-electron chi connectivity index (χ1n) is 10.4. The van der Waals surface area contributed by atoms with E-state index < -0.39 is 0 Å². The zero-order valence-corrected chi connectivity index (χ0v) is 17.9. The molecule has 0 bridgehead atoms. The molecule has 0 aliphatic heterocycles. The molecule has 0 unspecified atom stereocenters. The number of rotatable bonds is 8. The van der Waals surface area contributed by atoms with Crippen molar-refractivity contribution in [3.63, 3.8) is 0 Å². The first kappa shape index (κ1) is 21.7. The molecule has 0 aliphatic carbocycles. The molecule has 0 aliphatic rings. The molecule has 33 heavy (non-hydrogen) atoms. The van der Waals surface area contributed by atoms with Gasteiger partial charge in [-0.1, -0.05) is 12.1 Å². The number of benzene rings is 3. The molecule has 3 aromatic carbocycles. The second-order valence-electron chi connectivity index (χ2n) is 7.13. The fourth-order valence-corrected chi connectivity index (χ4v) is 3.15. The van der Waals surface area contributed by atoms with Gasteiger partial charge in [0.05, 0.1) is 18.7 Å². The predicted octanol–water partition coefficient (Wildman–Crippen LogP) is 3.49. The Labute approximate surface area is 190 Å². The van der Waals surface area contributed by atoms with Crippen molar-refractivity contribution in [2.75, 3.05) is 17.2 Å². The number of nitrogens with one attached hydrogen (secondary N) is 2. The quantitative estimate of drug-likeness (QED) is 0.432. The highest BCUT2D eigenvalue weighted by Crippen LogP contribution is 2.17. The van der Waals surface area contributed by atoms with Gasteiger partial charge in [0.25, 0.3) is 5.91 Å². The van der Waals surface area contributed by atoms with E-state index in [9.17, 15) is 9.59 Å². The predicted molar refractivity (Wildman–Crippen MR) is 123 cm³/mol. The minimum atomic E-state index is -0.236. The molecular weight excluding hydrogens is 420 g/mol. The Morgan fingerprint density at radius 1 is 0.879 bits per heavy atom. The Hall–Kier alpha value is -4.53. The minimum Gasteiger partial charge on any atom is -0.494 e. The third-order valence-electron chi connectivity index (χ3n) is 4.77. The van der Waals surface area contributed by atoms with Gasteiger partial charge < -0.3 is 15.4 Å². The van der Waals surface area contributed by atoms with Gasteiger partial charge in [-0.05, 0) is 83.6 Å². The van der Waals surface area contributed by atoms with Crippen molar-refractivity contribution in [3.8, 4) is 11.4 Å². The molecule has 0 spiro atoms. The monoisotopic (exact) mass is 442 g/mol. The first-order chi connectivity index (χ1) is 16.1. The summed E-state index contributed by atoms with van der Waals surface area (Å²) in [5.74, 6) is 0.357. The molecule has 0 saturated carbocycles. The topological polar surface area (TPSA) is 111 Å². The highest BCUT2D eigenvalue weighted by atomic mass is 16.5. The van der Waals surface area contributed by atoms with E-state index in [0.717, 1.165) is 17.0 Å². The van der Waals surface area contributed by atoms with Crippen LogP contribution in [0.15, 0.2) is 79.1 Å². The summed E-state index contributed by atoms with van der Waals surface area (Å²) in [5.41, 5.74) is 3.44. The molecule has 2 amide bonds. The van der Waals surface area contributed by atoms with Crippen LogP contribution in [-0.4, -0.2) is 38.6 Å². The number of carbonyl (C=O) groups excluding carboxylic acids is 2. The molecule has 9 heteroatoms. The molecule has 0 fully saturated rings. The van der Waals surface area contributed by atoms with E-state index in [-0.39, 0.29) is 18.2 Å². The molecule has 0 saturated heterocycles. The summed E-state index contributed by atoms with van der Waals surface area (Å²) in [7, 11) is 0. The maximum absolute atomic E-state index is 12.5. The van der Waals surface area contributed by atoms with Gasteiger partial charge in [0.1, 0.15) is 12.1 Å². The maximum Gasteiger partial charge on any atom is 0.255 e. The number of tetrazole rings is 1. The Balaban J connectivity index is 1.30. The van der Waals surface area contributed by atoms with E-state index in [0.29, 0.717) is 23.5 Å². The Morgan fingerprint density at radius 3 is 2.18 bits per heavy atom. The third kappa shape index (κ3) is 5.79. The lowest BCUT2D eigenvalue weighted by molar-refractivity contribution is -0.115. The van der Waals surface area contributed by atoms with E-state index in [2.05, 4.69) is 26.2 Å². The highest BCUT2D eigenvalue weighted by molar-refractivity contribution is 6.04. The van der Waals surface area contributed by atoms with E-state index in [1.807, 2.05) is 31.2 Å². The van der Waals surface area contributed by atoms with E-state index >= 15 is 0 Å². The lowest BCUT2D eigenvalue weighted by atomic mass is 10.1. The molecule has 1 aromatic heterocycles. The Morgan fingerprint density at radius 2 is 1.55 bits per heavy atom. The summed E-state index contributed by atoms with van der Waals surface area (Å²) < 4.78 is 6.94. The number of hydrogen-bond donors (Lipinski definition) is 2. The summed E-state index contributed by atoms with van der Waals surface area (Å²) in [6, 6.07) is 21.3. The van der Waals surface area contributed by atoms with Gasteiger partial charge in [0.2, 0.25) is 5.91 Å². The molecular formula is C24H22N6O3. The summed E-state index contributed by atoms with van der Waals surface area (Å²) in [6.45, 7) is 2.50. The van der Waals surface area contributed by atoms with Crippen molar-refractivity contribution in [3.05, 3.63) is 90.3 Å². The van der Waals surface area contributed by atoms with Gasteiger partial charge in [-0.3, -0.25) is 9.59 Å². The molecule has 0 radical (unpaired) electrons. The third-order valence-corrected chi connectivity index (χ3v) is 4.77. The largest absolute Gasteiger partial charge is 0.494 e. The highest BCUT2D eigenvalue weighted by Gasteiger charge is 2.09. The van der Waals surface area contributed by atoms with Crippen LogP contribution >= 0.6 is 0 Å². The smallest absolute Gasteiger partial charge is 0.255 e. The molecule has 0 atom stereocenters. The van der Waals surface area contributed by atoms with Crippen LogP contribution < -0.4 is 15.4 Å². The Bertz CT molecular complexity index is 1200. The average molecular weight is 442 g/mol. The standard InChI is InChI=1S/C24H22N6O3/c1-2-33-22-13-9-20(10-14-22)27-24(32)18-5-7-19(8-6-18)26-23(31)15-17-3-11-21(12-4-17)30-16-25-28-29-30/h3-14,16H,2,15H2,1H3,(H,26,31)(H,27,32). The van der Waals surface area contributed by atoms with Crippen molar-refractivity contribution in [2.45, 2.75) is 13.3 Å². The fraction of sp³-hybridized carbons (Fsp3) is 0.125. The average Bonchev–Trinajstić information content (AvgIpc) is 3.36. The number of amides is 2. The van der Waals surface area contributed by atoms with Crippen LogP contribution in [0.4, 0.5) is 11.4 Å². The van der Waals surface area contributed by atoms with Crippen molar-refractivity contribution >= 4 is 23.2 Å². The molecule has 2 N–H and O–H groups in total. The minimum absolute atomic E-state index is 0.156. The maximum atomic E-state index is 12.5. The number of carbonyl (C=O) groups is 2. The van der Waals surface area contributed by atoms with E-state index in [1.54, 1.807) is 48.5 Å². The summed E-state index contributed by atoms with van der Waals surface area (Å²) in [4.78, 5) is 24.9. The lowest BCUT2D eigenvalue weighted by Gasteiger charge is -2.09. The number of hydrogen-bond acceptors (Lipinski definition) is 6. The fourth-order valence-electron chi connectivity index (χ4n) is 3.15. The molecule has 9 nitrogen and oxygen atoms in total. The number of aromatic nitrogens is 4. The SMILES string of the molecule is CCOc1ccc(NC(=O)c2ccc(NC(=O)Cc3ccc(-n4cnnn4)cc3)cc2)cc1. The molecule has 4 rings (SSSR count). The number of nitrogens with zero attached hydrogens (tertiary/aromatic N) is 4. The number of anilines is 2. The van der Waals surface area contributed by atoms with Gasteiger partial charge in [0, 0.05) is 16.9 Å². The summed E-state index contributed by atoms with van der Waals surface area (Å²) in [5, 5.41) is 16.7. The normalized spacial score (nSPS) is 10.5.